The summed E-state index contributed by atoms with van der Waals surface area (Å²) in [7, 11) is 1.61. The van der Waals surface area contributed by atoms with E-state index in [1.165, 1.54) is 0 Å². The first-order valence-corrected chi connectivity index (χ1v) is 9.20. The molecule has 0 unspecified atom stereocenters. The monoisotopic (exact) mass is 374 g/mol. The zero-order valence-corrected chi connectivity index (χ0v) is 15.8. The largest absolute Gasteiger partial charge is 0.497 e. The highest BCUT2D eigenvalue weighted by Gasteiger charge is 2.41. The highest BCUT2D eigenvalue weighted by molar-refractivity contribution is 5.86. The average Bonchev–Trinajstić information content (AvgIpc) is 3.14. The lowest BCUT2D eigenvalue weighted by atomic mass is 9.91. The van der Waals surface area contributed by atoms with E-state index in [4.69, 9.17) is 9.15 Å². The molecule has 1 amide bonds. The van der Waals surface area contributed by atoms with Crippen molar-refractivity contribution in [3.8, 4) is 5.75 Å². The van der Waals surface area contributed by atoms with Crippen LogP contribution < -0.4 is 10.1 Å². The first-order valence-electron chi connectivity index (χ1n) is 9.20. The van der Waals surface area contributed by atoms with Crippen LogP contribution in [0.1, 0.15) is 37.1 Å². The second-order valence-corrected chi connectivity index (χ2v) is 6.76. The van der Waals surface area contributed by atoms with Crippen molar-refractivity contribution in [3.05, 3.63) is 41.6 Å². The van der Waals surface area contributed by atoms with E-state index >= 15 is 0 Å². The minimum absolute atomic E-state index is 0.143. The van der Waals surface area contributed by atoms with E-state index in [2.05, 4.69) is 15.5 Å². The molecule has 0 saturated carbocycles. The molecule has 1 saturated heterocycles. The molecule has 146 valence electrons. The van der Waals surface area contributed by atoms with Crippen molar-refractivity contribution in [2.75, 3.05) is 20.2 Å². The number of methoxy groups -OCH3 is 1. The number of rotatable bonds is 8. The second-order valence-electron chi connectivity index (χ2n) is 6.76. The Balaban J connectivity index is 1.58. The molecule has 0 spiro atoms. The summed E-state index contributed by atoms with van der Waals surface area (Å²) in [4.78, 5) is 14.5. The summed E-state index contributed by atoms with van der Waals surface area (Å²) < 4.78 is 10.7. The molecule has 1 aromatic heterocycles. The molecule has 1 aromatic carbocycles. The molecule has 1 aliphatic rings. The number of aryl methyl sites for hydroxylation is 1. The van der Waals surface area contributed by atoms with E-state index in [-0.39, 0.29) is 12.5 Å². The van der Waals surface area contributed by atoms with Crippen molar-refractivity contribution < 1.29 is 19.1 Å². The number of amides is 1. The lowest BCUT2D eigenvalue weighted by Crippen LogP contribution is -2.57. The molecule has 1 fully saturated rings. The molecular formula is C19H26N4O4. The quantitative estimate of drug-likeness (QED) is 0.718. The van der Waals surface area contributed by atoms with Gasteiger partial charge in [-0.2, -0.15) is 0 Å². The SMILES string of the molecule is CCc1nnc(CNC[C@]2(O)CCCN(Cc3cccc(OC)c3)C2=O)o1. The van der Waals surface area contributed by atoms with E-state index in [1.807, 2.05) is 31.2 Å². The number of hydrogen-bond acceptors (Lipinski definition) is 7. The van der Waals surface area contributed by atoms with Crippen LogP contribution in [0.25, 0.3) is 0 Å². The standard InChI is InChI=1S/C19H26N4O4/c1-3-16-21-22-17(27-16)11-20-13-19(25)8-5-9-23(18(19)24)12-14-6-4-7-15(10-14)26-2/h4,6-7,10,20,25H,3,5,8-9,11-13H2,1-2H3/t19-/m1/s1. The Morgan fingerprint density at radius 3 is 2.93 bits per heavy atom. The number of nitrogens with zero attached hydrogens (tertiary/aromatic N) is 3. The van der Waals surface area contributed by atoms with Crippen LogP contribution in [-0.4, -0.2) is 51.9 Å². The van der Waals surface area contributed by atoms with Crippen molar-refractivity contribution in [1.29, 1.82) is 0 Å². The summed E-state index contributed by atoms with van der Waals surface area (Å²) in [5, 5.41) is 21.8. The molecule has 0 aliphatic carbocycles. The van der Waals surface area contributed by atoms with Gasteiger partial charge in [0.05, 0.1) is 13.7 Å². The van der Waals surface area contributed by atoms with Gasteiger partial charge in [0.1, 0.15) is 5.75 Å². The van der Waals surface area contributed by atoms with E-state index in [1.54, 1.807) is 12.0 Å². The Labute approximate surface area is 158 Å². The summed E-state index contributed by atoms with van der Waals surface area (Å²) in [5.74, 6) is 1.51. The molecular weight excluding hydrogens is 348 g/mol. The normalized spacial score (nSPS) is 20.1. The Hall–Kier alpha value is -2.45. The number of aliphatic hydroxyl groups is 1. The highest BCUT2D eigenvalue weighted by atomic mass is 16.5. The van der Waals surface area contributed by atoms with Crippen LogP contribution in [0.4, 0.5) is 0 Å². The van der Waals surface area contributed by atoms with Crippen molar-refractivity contribution in [2.45, 2.75) is 44.9 Å². The van der Waals surface area contributed by atoms with Crippen molar-refractivity contribution in [3.63, 3.8) is 0 Å². The number of likely N-dealkylation sites (tertiary alicyclic amines) is 1. The van der Waals surface area contributed by atoms with Gasteiger partial charge >= 0.3 is 0 Å². The van der Waals surface area contributed by atoms with Crippen LogP contribution in [-0.2, 0) is 24.3 Å². The molecule has 8 heteroatoms. The molecule has 1 atom stereocenters. The number of aromatic nitrogens is 2. The molecule has 1 aliphatic heterocycles. The number of carbonyl (C=O) groups excluding carboxylic acids is 1. The number of carbonyl (C=O) groups is 1. The summed E-state index contributed by atoms with van der Waals surface area (Å²) in [6.45, 7) is 3.47. The minimum atomic E-state index is -1.43. The van der Waals surface area contributed by atoms with Gasteiger partial charge in [0.15, 0.2) is 5.60 Å². The van der Waals surface area contributed by atoms with Gasteiger partial charge in [-0.05, 0) is 30.5 Å². The third-order valence-electron chi connectivity index (χ3n) is 4.72. The van der Waals surface area contributed by atoms with Gasteiger partial charge in [0.25, 0.3) is 5.91 Å². The first-order chi connectivity index (χ1) is 13.0. The Kier molecular flexibility index (Phi) is 6.08. The van der Waals surface area contributed by atoms with Crippen LogP contribution in [0, 0.1) is 0 Å². The fraction of sp³-hybridized carbons (Fsp3) is 0.526. The van der Waals surface area contributed by atoms with E-state index < -0.39 is 5.60 Å². The third kappa shape index (κ3) is 4.64. The molecule has 27 heavy (non-hydrogen) atoms. The molecule has 2 aromatic rings. The predicted molar refractivity (Wildman–Crippen MR) is 98.0 cm³/mol. The van der Waals surface area contributed by atoms with Gasteiger partial charge in [-0.1, -0.05) is 19.1 Å². The fourth-order valence-corrected chi connectivity index (χ4v) is 3.25. The van der Waals surface area contributed by atoms with Gasteiger partial charge in [-0.15, -0.1) is 10.2 Å². The second kappa shape index (κ2) is 8.49. The van der Waals surface area contributed by atoms with Gasteiger partial charge in [0, 0.05) is 26.1 Å². The summed E-state index contributed by atoms with van der Waals surface area (Å²) in [5.41, 5.74) is -0.456. The van der Waals surface area contributed by atoms with Crippen LogP contribution in [0.2, 0.25) is 0 Å². The number of benzene rings is 1. The van der Waals surface area contributed by atoms with E-state index in [0.717, 1.165) is 17.7 Å². The minimum Gasteiger partial charge on any atom is -0.497 e. The predicted octanol–water partition coefficient (Wildman–Crippen LogP) is 1.28. The van der Waals surface area contributed by atoms with Crippen molar-refractivity contribution >= 4 is 5.91 Å². The fourth-order valence-electron chi connectivity index (χ4n) is 3.25. The zero-order valence-electron chi connectivity index (χ0n) is 15.8. The van der Waals surface area contributed by atoms with E-state index in [9.17, 15) is 9.90 Å². The smallest absolute Gasteiger partial charge is 0.256 e. The van der Waals surface area contributed by atoms with Gasteiger partial charge < -0.3 is 24.5 Å². The molecule has 2 heterocycles. The number of piperidine rings is 1. The lowest BCUT2D eigenvalue weighted by molar-refractivity contribution is -0.157. The average molecular weight is 374 g/mol. The van der Waals surface area contributed by atoms with Crippen molar-refractivity contribution in [2.24, 2.45) is 0 Å². The maximum absolute atomic E-state index is 12.9. The van der Waals surface area contributed by atoms with E-state index in [0.29, 0.717) is 44.3 Å². The third-order valence-corrected chi connectivity index (χ3v) is 4.72. The Morgan fingerprint density at radius 2 is 2.19 bits per heavy atom. The Bertz CT molecular complexity index is 779. The highest BCUT2D eigenvalue weighted by Crippen LogP contribution is 2.24. The molecule has 0 bridgehead atoms. The van der Waals surface area contributed by atoms with Crippen molar-refractivity contribution in [1.82, 2.24) is 20.4 Å². The van der Waals surface area contributed by atoms with Gasteiger partial charge in [0.2, 0.25) is 11.8 Å². The van der Waals surface area contributed by atoms with Crippen LogP contribution in [0.15, 0.2) is 28.7 Å². The first kappa shape index (κ1) is 19.3. The molecule has 8 nitrogen and oxygen atoms in total. The number of hydrogen-bond donors (Lipinski definition) is 2. The maximum atomic E-state index is 12.9. The summed E-state index contributed by atoms with van der Waals surface area (Å²) >= 11 is 0. The number of nitrogens with one attached hydrogen (secondary N) is 1. The van der Waals surface area contributed by atoms with Crippen LogP contribution in [0.3, 0.4) is 0 Å². The van der Waals surface area contributed by atoms with Crippen LogP contribution in [0.5, 0.6) is 5.75 Å². The maximum Gasteiger partial charge on any atom is 0.256 e. The molecule has 3 rings (SSSR count). The topological polar surface area (TPSA) is 101 Å². The van der Waals surface area contributed by atoms with Crippen LogP contribution >= 0.6 is 0 Å². The Morgan fingerprint density at radius 1 is 1.37 bits per heavy atom. The number of ether oxygens (including phenoxy) is 1. The summed E-state index contributed by atoms with van der Waals surface area (Å²) in [6.07, 6.45) is 1.85. The van der Waals surface area contributed by atoms with Gasteiger partial charge in [-0.3, -0.25) is 4.79 Å². The molecule has 0 radical (unpaired) electrons. The molecule has 2 N–H and O–H groups in total. The lowest BCUT2D eigenvalue weighted by Gasteiger charge is -2.38. The summed E-state index contributed by atoms with van der Waals surface area (Å²) in [6, 6.07) is 7.61. The zero-order chi connectivity index (χ0) is 19.3. The van der Waals surface area contributed by atoms with Gasteiger partial charge in [-0.25, -0.2) is 0 Å².